The quantitative estimate of drug-likeness (QED) is 0.591. The number of H-pyrrole nitrogens is 1. The van der Waals surface area contributed by atoms with Gasteiger partial charge in [0.25, 0.3) is 5.91 Å². The number of carbonyl (C=O) groups is 1. The van der Waals surface area contributed by atoms with Gasteiger partial charge < -0.3 is 15.0 Å². The second-order valence-corrected chi connectivity index (χ2v) is 7.87. The van der Waals surface area contributed by atoms with Crippen LogP contribution in [0.1, 0.15) is 28.9 Å². The largest absolute Gasteiger partial charge is 0.496 e. The average Bonchev–Trinajstić information content (AvgIpc) is 3.17. The van der Waals surface area contributed by atoms with Crippen LogP contribution in [-0.4, -0.2) is 46.6 Å². The lowest BCUT2D eigenvalue weighted by Crippen LogP contribution is -2.44. The highest BCUT2D eigenvalue weighted by Crippen LogP contribution is 2.22. The molecule has 1 aliphatic heterocycles. The summed E-state index contributed by atoms with van der Waals surface area (Å²) in [5.74, 6) is 0.819. The Labute approximate surface area is 181 Å². The maximum Gasteiger partial charge on any atom is 0.270 e. The van der Waals surface area contributed by atoms with Crippen molar-refractivity contribution in [1.82, 2.24) is 19.8 Å². The first-order valence-electron chi connectivity index (χ1n) is 10.2. The number of hydrogen-bond donors (Lipinski definition) is 2. The zero-order valence-electron chi connectivity index (χ0n) is 17.0. The van der Waals surface area contributed by atoms with E-state index in [2.05, 4.69) is 21.3 Å². The maximum absolute atomic E-state index is 12.9. The van der Waals surface area contributed by atoms with Gasteiger partial charge in [0, 0.05) is 43.1 Å². The van der Waals surface area contributed by atoms with E-state index in [1.807, 2.05) is 48.5 Å². The number of piperidine rings is 1. The molecule has 0 saturated carbocycles. The number of amides is 1. The van der Waals surface area contributed by atoms with E-state index in [0.29, 0.717) is 10.5 Å². The molecule has 0 aliphatic carbocycles. The number of hydrogen-bond acceptors (Lipinski definition) is 4. The zero-order chi connectivity index (χ0) is 20.9. The Bertz CT molecular complexity index is 1050. The van der Waals surface area contributed by atoms with Crippen molar-refractivity contribution in [3.05, 3.63) is 76.8 Å². The Morgan fingerprint density at radius 2 is 1.83 bits per heavy atom. The van der Waals surface area contributed by atoms with Crippen LogP contribution in [0.4, 0.5) is 0 Å². The van der Waals surface area contributed by atoms with Crippen molar-refractivity contribution in [3.63, 3.8) is 0 Å². The number of rotatable bonds is 6. The molecule has 2 N–H and O–H groups in total. The van der Waals surface area contributed by atoms with Gasteiger partial charge in [-0.05, 0) is 43.3 Å². The van der Waals surface area contributed by atoms with E-state index in [9.17, 15) is 4.79 Å². The average molecular weight is 423 g/mol. The molecule has 0 unspecified atom stereocenters. The lowest BCUT2D eigenvalue weighted by molar-refractivity contribution is 0.0901. The summed E-state index contributed by atoms with van der Waals surface area (Å²) in [4.78, 5) is 18.3. The predicted octanol–water partition coefficient (Wildman–Crippen LogP) is 3.94. The van der Waals surface area contributed by atoms with Crippen molar-refractivity contribution in [2.24, 2.45) is 0 Å². The van der Waals surface area contributed by atoms with Gasteiger partial charge >= 0.3 is 0 Å². The van der Waals surface area contributed by atoms with Gasteiger partial charge in [-0.2, -0.15) is 0 Å². The molecule has 1 aliphatic rings. The fraction of sp³-hybridized carbons (Fsp3) is 0.304. The third-order valence-corrected chi connectivity index (χ3v) is 5.83. The SMILES string of the molecule is COc1ccccc1CN1CCC(NC(=O)c2c[nH]c(=S)n2-c2ccccc2)CC1. The van der Waals surface area contributed by atoms with Crippen LogP contribution in [0.15, 0.2) is 60.8 Å². The van der Waals surface area contributed by atoms with Crippen molar-refractivity contribution in [2.45, 2.75) is 25.4 Å². The molecule has 0 spiro atoms. The van der Waals surface area contributed by atoms with Crippen LogP contribution in [-0.2, 0) is 6.54 Å². The van der Waals surface area contributed by atoms with Gasteiger partial charge in [-0.25, -0.2) is 0 Å². The first kappa shape index (κ1) is 20.4. The van der Waals surface area contributed by atoms with E-state index in [0.717, 1.165) is 43.9 Å². The third kappa shape index (κ3) is 4.47. The van der Waals surface area contributed by atoms with E-state index in [-0.39, 0.29) is 11.9 Å². The van der Waals surface area contributed by atoms with Crippen LogP contribution in [0.5, 0.6) is 5.75 Å². The van der Waals surface area contributed by atoms with Crippen molar-refractivity contribution >= 4 is 18.1 Å². The van der Waals surface area contributed by atoms with Gasteiger partial charge in [0.15, 0.2) is 4.77 Å². The molecule has 0 atom stereocenters. The first-order chi connectivity index (χ1) is 14.7. The molecule has 1 saturated heterocycles. The molecule has 1 aromatic heterocycles. The number of nitrogens with one attached hydrogen (secondary N) is 2. The second-order valence-electron chi connectivity index (χ2n) is 7.49. The number of likely N-dealkylation sites (tertiary alicyclic amines) is 1. The molecule has 30 heavy (non-hydrogen) atoms. The molecular weight excluding hydrogens is 396 g/mol. The minimum absolute atomic E-state index is 0.102. The third-order valence-electron chi connectivity index (χ3n) is 5.53. The van der Waals surface area contributed by atoms with E-state index >= 15 is 0 Å². The molecule has 7 heteroatoms. The lowest BCUT2D eigenvalue weighted by Gasteiger charge is -2.32. The Hall–Kier alpha value is -2.90. The van der Waals surface area contributed by atoms with Crippen molar-refractivity contribution in [2.75, 3.05) is 20.2 Å². The van der Waals surface area contributed by atoms with Crippen LogP contribution in [0, 0.1) is 4.77 Å². The highest BCUT2D eigenvalue weighted by Gasteiger charge is 2.23. The second kappa shape index (κ2) is 9.28. The highest BCUT2D eigenvalue weighted by atomic mass is 32.1. The van der Waals surface area contributed by atoms with Gasteiger partial charge in [-0.3, -0.25) is 14.3 Å². The number of benzene rings is 2. The highest BCUT2D eigenvalue weighted by molar-refractivity contribution is 7.71. The van der Waals surface area contributed by atoms with Gasteiger partial charge in [-0.15, -0.1) is 0 Å². The molecule has 2 heterocycles. The summed E-state index contributed by atoms with van der Waals surface area (Å²) in [6.07, 6.45) is 3.51. The predicted molar refractivity (Wildman–Crippen MR) is 120 cm³/mol. The topological polar surface area (TPSA) is 62.3 Å². The number of para-hydroxylation sites is 2. The van der Waals surface area contributed by atoms with Crippen LogP contribution in [0.3, 0.4) is 0 Å². The minimum Gasteiger partial charge on any atom is -0.496 e. The van der Waals surface area contributed by atoms with Crippen LogP contribution < -0.4 is 10.1 Å². The normalized spacial score (nSPS) is 15.1. The van der Waals surface area contributed by atoms with E-state index < -0.39 is 0 Å². The molecule has 4 rings (SSSR count). The number of nitrogens with zero attached hydrogens (tertiary/aromatic N) is 2. The Balaban J connectivity index is 1.37. The number of aromatic nitrogens is 2. The summed E-state index contributed by atoms with van der Waals surface area (Å²) in [7, 11) is 1.71. The maximum atomic E-state index is 12.9. The Morgan fingerprint density at radius 3 is 2.57 bits per heavy atom. The van der Waals surface area contributed by atoms with Gasteiger partial charge in [0.2, 0.25) is 0 Å². The van der Waals surface area contributed by atoms with Gasteiger partial charge in [0.05, 0.1) is 7.11 Å². The number of carbonyl (C=O) groups excluding carboxylic acids is 1. The standard InChI is InChI=1S/C23H26N4O2S/c1-29-21-10-6-5-7-17(21)16-26-13-11-18(12-14-26)25-22(28)20-15-24-23(30)27(20)19-8-3-2-4-9-19/h2-10,15,18H,11-14,16H2,1H3,(H,24,30)(H,25,28). The molecule has 0 radical (unpaired) electrons. The Kier molecular flexibility index (Phi) is 6.30. The number of aromatic amines is 1. The molecule has 0 bridgehead atoms. The van der Waals surface area contributed by atoms with Crippen molar-refractivity contribution in [3.8, 4) is 11.4 Å². The summed E-state index contributed by atoms with van der Waals surface area (Å²) >= 11 is 5.39. The fourth-order valence-corrected chi connectivity index (χ4v) is 4.20. The van der Waals surface area contributed by atoms with E-state index in [1.54, 1.807) is 17.9 Å². The fourth-order valence-electron chi connectivity index (χ4n) is 3.94. The smallest absolute Gasteiger partial charge is 0.270 e. The van der Waals surface area contributed by atoms with Crippen LogP contribution >= 0.6 is 12.2 Å². The monoisotopic (exact) mass is 422 g/mol. The van der Waals surface area contributed by atoms with Gasteiger partial charge in [-0.1, -0.05) is 36.4 Å². The lowest BCUT2D eigenvalue weighted by atomic mass is 10.0. The first-order valence-corrected chi connectivity index (χ1v) is 10.6. The molecule has 3 aromatic rings. The summed E-state index contributed by atoms with van der Waals surface area (Å²) in [5.41, 5.74) is 2.60. The molecule has 1 fully saturated rings. The van der Waals surface area contributed by atoms with Crippen molar-refractivity contribution in [1.29, 1.82) is 0 Å². The van der Waals surface area contributed by atoms with Crippen LogP contribution in [0.2, 0.25) is 0 Å². The summed E-state index contributed by atoms with van der Waals surface area (Å²) in [6.45, 7) is 2.72. The van der Waals surface area contributed by atoms with E-state index in [4.69, 9.17) is 17.0 Å². The zero-order valence-corrected chi connectivity index (χ0v) is 17.8. The Morgan fingerprint density at radius 1 is 1.13 bits per heavy atom. The minimum atomic E-state index is -0.102. The molecule has 156 valence electrons. The summed E-state index contributed by atoms with van der Waals surface area (Å²) in [5, 5.41) is 3.19. The number of methoxy groups -OCH3 is 1. The summed E-state index contributed by atoms with van der Waals surface area (Å²) in [6, 6.07) is 18.0. The van der Waals surface area contributed by atoms with Crippen molar-refractivity contribution < 1.29 is 9.53 Å². The van der Waals surface area contributed by atoms with E-state index in [1.165, 1.54) is 5.56 Å². The number of ether oxygens (including phenoxy) is 1. The number of imidazole rings is 1. The summed E-state index contributed by atoms with van der Waals surface area (Å²) < 4.78 is 7.75. The molecule has 6 nitrogen and oxygen atoms in total. The molecule has 1 amide bonds. The van der Waals surface area contributed by atoms with Gasteiger partial charge in [0.1, 0.15) is 11.4 Å². The molecule has 2 aromatic carbocycles. The van der Waals surface area contributed by atoms with Crippen LogP contribution in [0.25, 0.3) is 5.69 Å². The molecular formula is C23H26N4O2S.